The summed E-state index contributed by atoms with van der Waals surface area (Å²) in [5, 5.41) is 10.3. The molecule has 0 amide bonds. The van der Waals surface area contributed by atoms with Gasteiger partial charge in [-0.25, -0.2) is 0 Å². The number of nitrogens with one attached hydrogen (secondary N) is 1. The predicted molar refractivity (Wildman–Crippen MR) is 51.2 cm³/mol. The number of alkyl halides is 1. The summed E-state index contributed by atoms with van der Waals surface area (Å²) in [4.78, 5) is 0. The topological polar surface area (TPSA) is 32.3 Å². The van der Waals surface area contributed by atoms with Crippen molar-refractivity contribution in [1.82, 2.24) is 5.32 Å². The van der Waals surface area contributed by atoms with Crippen LogP contribution in [-0.2, 0) is 0 Å². The second kappa shape index (κ2) is 8.31. The van der Waals surface area contributed by atoms with E-state index in [1.54, 1.807) is 0 Å². The predicted octanol–water partition coefficient (Wildman–Crippen LogP) is 1.61. The highest BCUT2D eigenvalue weighted by atomic mass is 35.5. The second-order valence-electron chi connectivity index (χ2n) is 3.22. The molecule has 0 spiro atoms. The fourth-order valence-corrected chi connectivity index (χ4v) is 0.664. The summed E-state index contributed by atoms with van der Waals surface area (Å²) in [6.07, 6.45) is 1.05. The van der Waals surface area contributed by atoms with Crippen molar-refractivity contribution >= 4 is 11.6 Å². The highest BCUT2D eigenvalue weighted by Gasteiger charge is 2.06. The van der Waals surface area contributed by atoms with Gasteiger partial charge in [0.05, 0.1) is 0 Å². The molecule has 0 radical (unpaired) electrons. The summed E-state index contributed by atoms with van der Waals surface area (Å²) >= 11 is 5.49. The van der Waals surface area contributed by atoms with Crippen LogP contribution in [0.3, 0.4) is 0 Å². The Labute approximate surface area is 74.9 Å². The van der Waals surface area contributed by atoms with E-state index >= 15 is 0 Å². The van der Waals surface area contributed by atoms with E-state index in [1.807, 2.05) is 0 Å². The molecule has 0 aromatic rings. The maximum Gasteiger partial charge on any atom is 0.0319 e. The van der Waals surface area contributed by atoms with Crippen LogP contribution in [-0.4, -0.2) is 30.2 Å². The Balaban J connectivity index is 0. The first-order valence-electron chi connectivity index (χ1n) is 3.82. The van der Waals surface area contributed by atoms with E-state index in [2.05, 4.69) is 26.1 Å². The molecule has 70 valence electrons. The Bertz CT molecular complexity index is 71.0. The number of hydrogen-bond donors (Lipinski definition) is 2. The molecular formula is C8H20ClNO. The van der Waals surface area contributed by atoms with Gasteiger partial charge in [-0.15, -0.1) is 11.6 Å². The van der Waals surface area contributed by atoms with Crippen LogP contribution in [0.15, 0.2) is 0 Å². The van der Waals surface area contributed by atoms with Gasteiger partial charge in [0.1, 0.15) is 0 Å². The molecule has 11 heavy (non-hydrogen) atoms. The van der Waals surface area contributed by atoms with E-state index in [9.17, 15) is 0 Å². The van der Waals surface area contributed by atoms with Gasteiger partial charge in [0.25, 0.3) is 0 Å². The number of hydrogen-bond acceptors (Lipinski definition) is 2. The smallest absolute Gasteiger partial charge is 0.0319 e. The number of aliphatic hydroxyl groups excluding tert-OH is 1. The van der Waals surface area contributed by atoms with Gasteiger partial charge in [0, 0.05) is 18.5 Å². The Morgan fingerprint density at radius 3 is 2.00 bits per heavy atom. The first-order valence-corrected chi connectivity index (χ1v) is 4.35. The van der Waals surface area contributed by atoms with Gasteiger partial charge in [-0.3, -0.25) is 0 Å². The summed E-state index contributed by atoms with van der Waals surface area (Å²) in [5.41, 5.74) is 0.242. The highest BCUT2D eigenvalue weighted by molar-refractivity contribution is 6.17. The molecule has 0 fully saturated rings. The fourth-order valence-electron chi connectivity index (χ4n) is 0.530. The van der Waals surface area contributed by atoms with Gasteiger partial charge in [0.2, 0.25) is 0 Å². The van der Waals surface area contributed by atoms with Crippen molar-refractivity contribution in [3.8, 4) is 0 Å². The Morgan fingerprint density at radius 1 is 1.27 bits per heavy atom. The standard InChI is InChI=1S/C7H16ClN.CH4O/c1-7(2,3)9-6-4-5-8;1-2/h9H,4-6H2,1-3H3;2H,1H3. The van der Waals surface area contributed by atoms with Crippen molar-refractivity contribution in [3.63, 3.8) is 0 Å². The zero-order valence-corrected chi connectivity index (χ0v) is 8.70. The average Bonchev–Trinajstić information content (AvgIpc) is 1.90. The molecular weight excluding hydrogens is 162 g/mol. The molecule has 2 N–H and O–H groups in total. The van der Waals surface area contributed by atoms with Gasteiger partial charge in [-0.1, -0.05) is 0 Å². The summed E-state index contributed by atoms with van der Waals surface area (Å²) in [7, 11) is 1.00. The van der Waals surface area contributed by atoms with Crippen LogP contribution in [0.4, 0.5) is 0 Å². The lowest BCUT2D eigenvalue weighted by atomic mass is 10.1. The van der Waals surface area contributed by atoms with E-state index < -0.39 is 0 Å². The molecule has 0 aliphatic heterocycles. The van der Waals surface area contributed by atoms with Crippen molar-refractivity contribution in [1.29, 1.82) is 0 Å². The first-order chi connectivity index (χ1) is 5.06. The first kappa shape index (κ1) is 13.8. The summed E-state index contributed by atoms with van der Waals surface area (Å²) in [6, 6.07) is 0. The summed E-state index contributed by atoms with van der Waals surface area (Å²) < 4.78 is 0. The molecule has 0 aliphatic carbocycles. The van der Waals surface area contributed by atoms with Gasteiger partial charge < -0.3 is 10.4 Å². The summed E-state index contributed by atoms with van der Waals surface area (Å²) in [5.74, 6) is 0.753. The monoisotopic (exact) mass is 181 g/mol. The van der Waals surface area contributed by atoms with Gasteiger partial charge in [0.15, 0.2) is 0 Å². The van der Waals surface area contributed by atoms with E-state index in [1.165, 1.54) is 0 Å². The fraction of sp³-hybridized carbons (Fsp3) is 1.00. The lowest BCUT2D eigenvalue weighted by Crippen LogP contribution is -2.36. The van der Waals surface area contributed by atoms with Gasteiger partial charge in [-0.05, 0) is 33.7 Å². The molecule has 0 bridgehead atoms. The maximum absolute atomic E-state index is 7.00. The average molecular weight is 182 g/mol. The SMILES string of the molecule is CC(C)(C)NCCCCl.CO. The molecule has 0 saturated carbocycles. The zero-order valence-electron chi connectivity index (χ0n) is 7.95. The van der Waals surface area contributed by atoms with E-state index in [-0.39, 0.29) is 5.54 Å². The molecule has 0 aromatic heterocycles. The number of halogens is 1. The van der Waals surface area contributed by atoms with E-state index in [0.29, 0.717) is 0 Å². The molecule has 0 saturated heterocycles. The second-order valence-corrected chi connectivity index (χ2v) is 3.60. The van der Waals surface area contributed by atoms with Crippen molar-refractivity contribution in [2.24, 2.45) is 0 Å². The van der Waals surface area contributed by atoms with Gasteiger partial charge in [-0.2, -0.15) is 0 Å². The molecule has 0 rings (SSSR count). The molecule has 0 aromatic carbocycles. The van der Waals surface area contributed by atoms with Crippen molar-refractivity contribution in [3.05, 3.63) is 0 Å². The molecule has 0 aliphatic rings. The van der Waals surface area contributed by atoms with Crippen molar-refractivity contribution in [2.75, 3.05) is 19.5 Å². The Hall–Kier alpha value is 0.210. The van der Waals surface area contributed by atoms with Crippen LogP contribution in [0.25, 0.3) is 0 Å². The van der Waals surface area contributed by atoms with Crippen LogP contribution >= 0.6 is 11.6 Å². The van der Waals surface area contributed by atoms with E-state index in [0.717, 1.165) is 26.0 Å². The normalized spacial score (nSPS) is 10.4. The molecule has 0 heterocycles. The number of rotatable bonds is 3. The lowest BCUT2D eigenvalue weighted by Gasteiger charge is -2.19. The van der Waals surface area contributed by atoms with Crippen LogP contribution in [0.2, 0.25) is 0 Å². The van der Waals surface area contributed by atoms with Crippen LogP contribution in [0.1, 0.15) is 27.2 Å². The Kier molecular flexibility index (Phi) is 10.4. The largest absolute Gasteiger partial charge is 0.400 e. The minimum Gasteiger partial charge on any atom is -0.400 e. The quantitative estimate of drug-likeness (QED) is 0.512. The molecule has 2 nitrogen and oxygen atoms in total. The third kappa shape index (κ3) is 17.8. The van der Waals surface area contributed by atoms with E-state index in [4.69, 9.17) is 16.7 Å². The lowest BCUT2D eigenvalue weighted by molar-refractivity contribution is 0.399. The maximum atomic E-state index is 7.00. The van der Waals surface area contributed by atoms with Crippen molar-refractivity contribution < 1.29 is 5.11 Å². The van der Waals surface area contributed by atoms with Crippen LogP contribution in [0.5, 0.6) is 0 Å². The van der Waals surface area contributed by atoms with Crippen LogP contribution in [0, 0.1) is 0 Å². The Morgan fingerprint density at radius 2 is 1.73 bits per heavy atom. The molecule has 0 unspecified atom stereocenters. The summed E-state index contributed by atoms with van der Waals surface area (Å²) in [6.45, 7) is 7.48. The highest BCUT2D eigenvalue weighted by Crippen LogP contribution is 1.97. The van der Waals surface area contributed by atoms with Crippen LogP contribution < -0.4 is 5.32 Å². The van der Waals surface area contributed by atoms with Gasteiger partial charge >= 0.3 is 0 Å². The third-order valence-corrected chi connectivity index (χ3v) is 1.23. The minimum atomic E-state index is 0.242. The molecule has 0 atom stereocenters. The van der Waals surface area contributed by atoms with Crippen molar-refractivity contribution in [2.45, 2.75) is 32.7 Å². The third-order valence-electron chi connectivity index (χ3n) is 0.966. The number of aliphatic hydroxyl groups is 1. The minimum absolute atomic E-state index is 0.242. The zero-order chi connectivity index (χ0) is 9.33. The molecule has 3 heteroatoms.